The zero-order valence-corrected chi connectivity index (χ0v) is 7.89. The van der Waals surface area contributed by atoms with Gasteiger partial charge in [0.15, 0.2) is 0 Å². The van der Waals surface area contributed by atoms with Gasteiger partial charge in [0.2, 0.25) is 0 Å². The number of nitriles is 1. The number of ether oxygens (including phenoxy) is 1. The van der Waals surface area contributed by atoms with E-state index in [9.17, 15) is 4.79 Å². The molecule has 0 atom stereocenters. The Labute approximate surface area is 73.3 Å². The third kappa shape index (κ3) is 3.38. The van der Waals surface area contributed by atoms with Crippen LogP contribution in [0.15, 0.2) is 0 Å². The van der Waals surface area contributed by atoms with Crippen molar-refractivity contribution in [2.75, 3.05) is 6.61 Å². The van der Waals surface area contributed by atoms with E-state index in [2.05, 4.69) is 0 Å². The van der Waals surface area contributed by atoms with Gasteiger partial charge in [0, 0.05) is 0 Å². The molecule has 0 bridgehead atoms. The second-order valence-electron chi connectivity index (χ2n) is 3.23. The smallest absolute Gasteiger partial charge is 0.325 e. The molecule has 0 heterocycles. The van der Waals surface area contributed by atoms with Crippen LogP contribution in [-0.4, -0.2) is 12.6 Å². The first kappa shape index (κ1) is 11.0. The minimum atomic E-state index is -1.01. The predicted octanol–water partition coefficient (Wildman–Crippen LogP) is 1.88. The average Bonchev–Trinajstić information content (AvgIpc) is 2.05. The number of esters is 1. The van der Waals surface area contributed by atoms with Gasteiger partial charge in [-0.3, -0.25) is 4.79 Å². The molecule has 0 saturated carbocycles. The number of nitrogens with zero attached hydrogens (tertiary/aromatic N) is 1. The van der Waals surface area contributed by atoms with E-state index in [0.717, 1.165) is 12.8 Å². The number of carbonyl (C=O) groups excluding carboxylic acids is 1. The van der Waals surface area contributed by atoms with Crippen molar-refractivity contribution in [1.29, 1.82) is 5.26 Å². The van der Waals surface area contributed by atoms with Gasteiger partial charge >= 0.3 is 5.97 Å². The minimum absolute atomic E-state index is 0.417. The molecule has 0 aliphatic carbocycles. The lowest BCUT2D eigenvalue weighted by molar-refractivity contribution is -0.150. The number of rotatable bonds is 4. The quantitative estimate of drug-likeness (QED) is 0.477. The Morgan fingerprint density at radius 3 is 2.58 bits per heavy atom. The summed E-state index contributed by atoms with van der Waals surface area (Å²) >= 11 is 0. The summed E-state index contributed by atoms with van der Waals surface area (Å²) in [4.78, 5) is 11.1. The van der Waals surface area contributed by atoms with E-state index < -0.39 is 11.4 Å². The highest BCUT2D eigenvalue weighted by molar-refractivity contribution is 5.78. The molecule has 0 aliphatic heterocycles. The molecule has 12 heavy (non-hydrogen) atoms. The molecule has 0 aliphatic rings. The molecule has 0 aromatic carbocycles. The highest BCUT2D eigenvalue weighted by Gasteiger charge is 2.28. The first-order valence-electron chi connectivity index (χ1n) is 4.13. The van der Waals surface area contributed by atoms with Crippen LogP contribution >= 0.6 is 0 Å². The van der Waals surface area contributed by atoms with Crippen LogP contribution in [-0.2, 0) is 9.53 Å². The number of hydrogen-bond donors (Lipinski definition) is 0. The molecular weight excluding hydrogens is 154 g/mol. The van der Waals surface area contributed by atoms with Crippen LogP contribution in [0.2, 0.25) is 0 Å². The van der Waals surface area contributed by atoms with Gasteiger partial charge in [0.25, 0.3) is 0 Å². The van der Waals surface area contributed by atoms with E-state index in [1.165, 1.54) is 0 Å². The van der Waals surface area contributed by atoms with Crippen molar-refractivity contribution >= 4 is 5.97 Å². The fourth-order valence-electron chi connectivity index (χ4n) is 0.535. The van der Waals surface area contributed by atoms with E-state index in [4.69, 9.17) is 10.00 Å². The van der Waals surface area contributed by atoms with Gasteiger partial charge in [-0.1, -0.05) is 13.3 Å². The second-order valence-corrected chi connectivity index (χ2v) is 3.23. The predicted molar refractivity (Wildman–Crippen MR) is 45.3 cm³/mol. The summed E-state index contributed by atoms with van der Waals surface area (Å²) < 4.78 is 4.88. The van der Waals surface area contributed by atoms with Crippen molar-refractivity contribution in [2.45, 2.75) is 33.6 Å². The van der Waals surface area contributed by atoms with Crippen LogP contribution in [0.4, 0.5) is 0 Å². The molecule has 3 heteroatoms. The largest absolute Gasteiger partial charge is 0.465 e. The van der Waals surface area contributed by atoms with E-state index >= 15 is 0 Å². The SMILES string of the molecule is CCCCOC(=O)C(C)(C)C#N. The van der Waals surface area contributed by atoms with Crippen molar-refractivity contribution < 1.29 is 9.53 Å². The van der Waals surface area contributed by atoms with E-state index in [0.29, 0.717) is 6.61 Å². The zero-order chi connectivity index (χ0) is 9.61. The van der Waals surface area contributed by atoms with Crippen LogP contribution in [0.3, 0.4) is 0 Å². The molecule has 0 saturated heterocycles. The molecule has 0 spiro atoms. The molecule has 68 valence electrons. The van der Waals surface area contributed by atoms with Gasteiger partial charge in [-0.25, -0.2) is 0 Å². The molecule has 3 nitrogen and oxygen atoms in total. The Hall–Kier alpha value is -1.04. The highest BCUT2D eigenvalue weighted by atomic mass is 16.5. The summed E-state index contributed by atoms with van der Waals surface area (Å²) in [6, 6.07) is 1.89. The first-order valence-corrected chi connectivity index (χ1v) is 4.13. The van der Waals surface area contributed by atoms with Gasteiger partial charge in [-0.05, 0) is 20.3 Å². The fourth-order valence-corrected chi connectivity index (χ4v) is 0.535. The van der Waals surface area contributed by atoms with E-state index in [1.807, 2.05) is 13.0 Å². The normalized spacial score (nSPS) is 10.5. The molecule has 0 rings (SSSR count). The number of unbranched alkanes of at least 4 members (excludes halogenated alkanes) is 1. The van der Waals surface area contributed by atoms with Gasteiger partial charge < -0.3 is 4.74 Å². The maximum absolute atomic E-state index is 11.1. The Bertz CT molecular complexity index is 191. The van der Waals surface area contributed by atoms with Gasteiger partial charge in [-0.2, -0.15) is 5.26 Å². The number of hydrogen-bond acceptors (Lipinski definition) is 3. The lowest BCUT2D eigenvalue weighted by atomic mass is 9.96. The summed E-state index contributed by atoms with van der Waals surface area (Å²) in [5.41, 5.74) is -1.01. The van der Waals surface area contributed by atoms with Crippen LogP contribution in [0.25, 0.3) is 0 Å². The maximum Gasteiger partial charge on any atom is 0.325 e. The monoisotopic (exact) mass is 169 g/mol. The Balaban J connectivity index is 3.82. The van der Waals surface area contributed by atoms with Crippen LogP contribution in [0.1, 0.15) is 33.6 Å². The maximum atomic E-state index is 11.1. The Morgan fingerprint density at radius 2 is 2.17 bits per heavy atom. The molecular formula is C9H15NO2. The van der Waals surface area contributed by atoms with Gasteiger partial charge in [0.1, 0.15) is 5.41 Å². The van der Waals surface area contributed by atoms with Crippen molar-refractivity contribution in [1.82, 2.24) is 0 Å². The lowest BCUT2D eigenvalue weighted by Gasteiger charge is -2.13. The molecule has 0 radical (unpaired) electrons. The number of carbonyl (C=O) groups is 1. The highest BCUT2D eigenvalue weighted by Crippen LogP contribution is 2.15. The summed E-state index contributed by atoms with van der Waals surface area (Å²) in [7, 11) is 0. The van der Waals surface area contributed by atoms with Crippen molar-refractivity contribution in [3.63, 3.8) is 0 Å². The molecule has 0 fully saturated rings. The van der Waals surface area contributed by atoms with Crippen LogP contribution in [0.5, 0.6) is 0 Å². The summed E-state index contributed by atoms with van der Waals surface area (Å²) in [6.07, 6.45) is 1.84. The third-order valence-corrected chi connectivity index (χ3v) is 1.52. The average molecular weight is 169 g/mol. The van der Waals surface area contributed by atoms with Crippen LogP contribution in [0, 0.1) is 16.7 Å². The zero-order valence-electron chi connectivity index (χ0n) is 7.89. The first-order chi connectivity index (χ1) is 5.54. The Kier molecular flexibility index (Phi) is 4.35. The summed E-state index contributed by atoms with van der Waals surface area (Å²) in [5, 5.41) is 8.57. The van der Waals surface area contributed by atoms with Gasteiger partial charge in [-0.15, -0.1) is 0 Å². The molecule has 0 unspecified atom stereocenters. The summed E-state index contributed by atoms with van der Waals surface area (Å²) in [6.45, 7) is 5.55. The van der Waals surface area contributed by atoms with Crippen molar-refractivity contribution in [3.05, 3.63) is 0 Å². The second kappa shape index (κ2) is 4.76. The fraction of sp³-hybridized carbons (Fsp3) is 0.778. The van der Waals surface area contributed by atoms with Gasteiger partial charge in [0.05, 0.1) is 12.7 Å². The minimum Gasteiger partial charge on any atom is -0.465 e. The van der Waals surface area contributed by atoms with Crippen molar-refractivity contribution in [2.24, 2.45) is 5.41 Å². The Morgan fingerprint density at radius 1 is 1.58 bits per heavy atom. The summed E-state index contributed by atoms with van der Waals surface area (Å²) in [5.74, 6) is -0.432. The van der Waals surface area contributed by atoms with Crippen LogP contribution < -0.4 is 0 Å². The molecule has 0 amide bonds. The van der Waals surface area contributed by atoms with E-state index in [1.54, 1.807) is 13.8 Å². The molecule has 0 aromatic heterocycles. The third-order valence-electron chi connectivity index (χ3n) is 1.52. The standard InChI is InChI=1S/C9H15NO2/c1-4-5-6-12-8(11)9(2,3)7-10/h4-6H2,1-3H3. The topological polar surface area (TPSA) is 50.1 Å². The van der Waals surface area contributed by atoms with E-state index in [-0.39, 0.29) is 0 Å². The molecule has 0 N–H and O–H groups in total. The molecule has 0 aromatic rings. The lowest BCUT2D eigenvalue weighted by Crippen LogP contribution is -2.25. The van der Waals surface area contributed by atoms with Crippen molar-refractivity contribution in [3.8, 4) is 6.07 Å².